The van der Waals surface area contributed by atoms with Crippen molar-refractivity contribution >= 4 is 5.91 Å². The number of hydrogen-bond acceptors (Lipinski definition) is 5. The number of carbonyl (C=O) groups is 1. The van der Waals surface area contributed by atoms with Gasteiger partial charge < -0.3 is 14.4 Å². The molecule has 170 valence electrons. The number of alkyl halides is 3. The standard InChI is InChI=1S/C23H24F3N3O3/c24-23(25,26)32-19-9-15(8-17(10-19)16-2-1-3-16)4-5-20-27-11-18(12-28-20)21(30)29-7-6-22(29)13-31-14-22/h8-12,16H,1-7,13-14H2. The van der Waals surface area contributed by atoms with Crippen LogP contribution in [0.15, 0.2) is 30.6 Å². The smallest absolute Gasteiger partial charge is 0.406 e. The van der Waals surface area contributed by atoms with Gasteiger partial charge in [-0.05, 0) is 54.9 Å². The Balaban J connectivity index is 1.25. The van der Waals surface area contributed by atoms with Crippen molar-refractivity contribution in [2.75, 3.05) is 19.8 Å². The first-order valence-corrected chi connectivity index (χ1v) is 10.9. The van der Waals surface area contributed by atoms with Crippen molar-refractivity contribution in [1.29, 1.82) is 0 Å². The lowest BCUT2D eigenvalue weighted by Gasteiger charge is -2.57. The zero-order chi connectivity index (χ0) is 22.3. The summed E-state index contributed by atoms with van der Waals surface area (Å²) in [7, 11) is 0. The van der Waals surface area contributed by atoms with Crippen molar-refractivity contribution in [1.82, 2.24) is 14.9 Å². The summed E-state index contributed by atoms with van der Waals surface area (Å²) in [6.07, 6.45) is 3.28. The third-order valence-electron chi connectivity index (χ3n) is 6.75. The summed E-state index contributed by atoms with van der Waals surface area (Å²) >= 11 is 0. The summed E-state index contributed by atoms with van der Waals surface area (Å²) in [5.41, 5.74) is 1.94. The van der Waals surface area contributed by atoms with E-state index >= 15 is 0 Å². The average Bonchev–Trinajstić information content (AvgIpc) is 2.62. The molecule has 2 aliphatic heterocycles. The molecule has 1 amide bonds. The number of carbonyl (C=O) groups excluding carboxylic acids is 1. The van der Waals surface area contributed by atoms with E-state index in [-0.39, 0.29) is 23.1 Å². The highest BCUT2D eigenvalue weighted by Gasteiger charge is 2.53. The molecule has 6 nitrogen and oxygen atoms in total. The molecular formula is C23H24F3N3O3. The van der Waals surface area contributed by atoms with Gasteiger partial charge in [0.2, 0.25) is 0 Å². The van der Waals surface area contributed by atoms with Crippen LogP contribution < -0.4 is 4.74 Å². The molecule has 0 N–H and O–H groups in total. The molecule has 1 saturated carbocycles. The maximum absolute atomic E-state index is 12.7. The van der Waals surface area contributed by atoms with Crippen LogP contribution in [0.2, 0.25) is 0 Å². The van der Waals surface area contributed by atoms with E-state index in [1.807, 2.05) is 11.0 Å². The summed E-state index contributed by atoms with van der Waals surface area (Å²) in [5, 5.41) is 0. The van der Waals surface area contributed by atoms with Crippen LogP contribution in [0.25, 0.3) is 0 Å². The molecule has 3 heterocycles. The first-order chi connectivity index (χ1) is 15.3. The van der Waals surface area contributed by atoms with Gasteiger partial charge in [-0.15, -0.1) is 13.2 Å². The Morgan fingerprint density at radius 1 is 1.16 bits per heavy atom. The second kappa shape index (κ2) is 8.03. The minimum atomic E-state index is -4.72. The molecule has 2 aromatic rings. The Bertz CT molecular complexity index is 996. The van der Waals surface area contributed by atoms with Gasteiger partial charge in [-0.25, -0.2) is 9.97 Å². The Labute approximate surface area is 183 Å². The van der Waals surface area contributed by atoms with Gasteiger partial charge in [0, 0.05) is 25.4 Å². The fourth-order valence-corrected chi connectivity index (χ4v) is 4.50. The summed E-state index contributed by atoms with van der Waals surface area (Å²) < 4.78 is 47.7. The highest BCUT2D eigenvalue weighted by atomic mass is 19.4. The molecule has 5 rings (SSSR count). The fraction of sp³-hybridized carbons (Fsp3) is 0.522. The number of rotatable bonds is 6. The van der Waals surface area contributed by atoms with Gasteiger partial charge in [-0.1, -0.05) is 12.5 Å². The number of halogens is 3. The molecule has 9 heteroatoms. The predicted octanol–water partition coefficient (Wildman–Crippen LogP) is 4.04. The van der Waals surface area contributed by atoms with Crippen LogP contribution in [0.1, 0.15) is 58.9 Å². The lowest BCUT2D eigenvalue weighted by molar-refractivity contribution is -0.274. The number of aromatic nitrogens is 2. The lowest BCUT2D eigenvalue weighted by atomic mass is 9.79. The molecule has 0 radical (unpaired) electrons. The van der Waals surface area contributed by atoms with Crippen LogP contribution in [-0.4, -0.2) is 52.4 Å². The van der Waals surface area contributed by atoms with Gasteiger partial charge in [-0.3, -0.25) is 4.79 Å². The monoisotopic (exact) mass is 447 g/mol. The van der Waals surface area contributed by atoms with Gasteiger partial charge in [0.1, 0.15) is 11.6 Å². The van der Waals surface area contributed by atoms with E-state index < -0.39 is 6.36 Å². The van der Waals surface area contributed by atoms with Gasteiger partial charge in [0.05, 0.1) is 24.3 Å². The van der Waals surface area contributed by atoms with Crippen molar-refractivity contribution in [3.05, 3.63) is 53.1 Å². The Kier molecular flexibility index (Phi) is 5.31. The molecule has 1 aromatic heterocycles. The minimum Gasteiger partial charge on any atom is -0.406 e. The zero-order valence-corrected chi connectivity index (χ0v) is 17.5. The van der Waals surface area contributed by atoms with Crippen LogP contribution in [0, 0.1) is 0 Å². The van der Waals surface area contributed by atoms with E-state index in [0.29, 0.717) is 44.0 Å². The molecule has 3 aliphatic rings. The highest BCUT2D eigenvalue weighted by Crippen LogP contribution is 2.39. The van der Waals surface area contributed by atoms with E-state index in [9.17, 15) is 18.0 Å². The second-order valence-corrected chi connectivity index (χ2v) is 8.90. The number of benzene rings is 1. The number of likely N-dealkylation sites (tertiary alicyclic amines) is 1. The predicted molar refractivity (Wildman–Crippen MR) is 108 cm³/mol. The molecule has 2 saturated heterocycles. The van der Waals surface area contributed by atoms with Gasteiger partial charge in [0.25, 0.3) is 5.91 Å². The minimum absolute atomic E-state index is 0.0896. The molecule has 32 heavy (non-hydrogen) atoms. The van der Waals surface area contributed by atoms with Gasteiger partial charge in [0.15, 0.2) is 0 Å². The van der Waals surface area contributed by atoms with Crippen LogP contribution in [0.3, 0.4) is 0 Å². The molecule has 0 unspecified atom stereocenters. The molecule has 3 fully saturated rings. The summed E-state index contributed by atoms with van der Waals surface area (Å²) in [6.45, 7) is 1.87. The van der Waals surface area contributed by atoms with E-state index in [2.05, 4.69) is 14.7 Å². The number of hydrogen-bond donors (Lipinski definition) is 0. The van der Waals surface area contributed by atoms with Crippen molar-refractivity contribution < 1.29 is 27.4 Å². The molecule has 1 spiro atoms. The zero-order valence-electron chi connectivity index (χ0n) is 17.5. The Morgan fingerprint density at radius 2 is 1.91 bits per heavy atom. The van der Waals surface area contributed by atoms with Crippen molar-refractivity contribution in [2.24, 2.45) is 0 Å². The largest absolute Gasteiger partial charge is 0.573 e. The quantitative estimate of drug-likeness (QED) is 0.669. The third kappa shape index (κ3) is 4.18. The third-order valence-corrected chi connectivity index (χ3v) is 6.75. The Hall–Kier alpha value is -2.68. The van der Waals surface area contributed by atoms with Crippen molar-refractivity contribution in [3.8, 4) is 5.75 Å². The fourth-order valence-electron chi connectivity index (χ4n) is 4.50. The van der Waals surface area contributed by atoms with Crippen molar-refractivity contribution in [2.45, 2.75) is 56.3 Å². The van der Waals surface area contributed by atoms with Crippen LogP contribution in [0.4, 0.5) is 13.2 Å². The first kappa shape index (κ1) is 21.2. The molecule has 0 atom stereocenters. The average molecular weight is 447 g/mol. The topological polar surface area (TPSA) is 64.5 Å². The van der Waals surface area contributed by atoms with E-state index in [1.54, 1.807) is 0 Å². The first-order valence-electron chi connectivity index (χ1n) is 10.9. The number of aryl methyl sites for hydroxylation is 2. The summed E-state index contributed by atoms with van der Waals surface area (Å²) in [4.78, 5) is 23.1. The highest BCUT2D eigenvalue weighted by molar-refractivity contribution is 5.94. The van der Waals surface area contributed by atoms with Crippen molar-refractivity contribution in [3.63, 3.8) is 0 Å². The number of ether oxygens (including phenoxy) is 2. The van der Waals surface area contributed by atoms with E-state index in [1.165, 1.54) is 24.5 Å². The van der Waals surface area contributed by atoms with Crippen LogP contribution in [-0.2, 0) is 17.6 Å². The SMILES string of the molecule is O=C(c1cnc(CCc2cc(OC(F)(F)F)cc(C3CCC3)c2)nc1)N1CCC12COC2. The van der Waals surface area contributed by atoms with Gasteiger partial charge in [-0.2, -0.15) is 0 Å². The normalized spacial score (nSPS) is 19.8. The maximum atomic E-state index is 12.7. The number of nitrogens with zero attached hydrogens (tertiary/aromatic N) is 3. The molecular weight excluding hydrogens is 423 g/mol. The number of amides is 1. The van der Waals surface area contributed by atoms with Crippen LogP contribution >= 0.6 is 0 Å². The van der Waals surface area contributed by atoms with Crippen LogP contribution in [0.5, 0.6) is 5.75 Å². The second-order valence-electron chi connectivity index (χ2n) is 8.90. The van der Waals surface area contributed by atoms with E-state index in [0.717, 1.165) is 36.8 Å². The molecule has 0 bridgehead atoms. The van der Waals surface area contributed by atoms with Gasteiger partial charge >= 0.3 is 6.36 Å². The van der Waals surface area contributed by atoms with E-state index in [4.69, 9.17) is 4.74 Å². The lowest BCUT2D eigenvalue weighted by Crippen LogP contribution is -2.72. The maximum Gasteiger partial charge on any atom is 0.573 e. The molecule has 1 aliphatic carbocycles. The Morgan fingerprint density at radius 3 is 2.44 bits per heavy atom. The molecule has 1 aromatic carbocycles. The summed E-state index contributed by atoms with van der Waals surface area (Å²) in [5.74, 6) is 0.563. The summed E-state index contributed by atoms with van der Waals surface area (Å²) in [6, 6.07) is 4.87.